The van der Waals surface area contributed by atoms with Crippen molar-refractivity contribution in [3.05, 3.63) is 124 Å². The van der Waals surface area contributed by atoms with Gasteiger partial charge in [-0.2, -0.15) is 25.3 Å². The van der Waals surface area contributed by atoms with Crippen LogP contribution in [0.3, 0.4) is 0 Å². The van der Waals surface area contributed by atoms with E-state index in [1.807, 2.05) is 72.8 Å². The molecule has 3 unspecified atom stereocenters. The molecule has 7 N–H and O–H groups in total. The first-order chi connectivity index (χ1) is 49.9. The summed E-state index contributed by atoms with van der Waals surface area (Å²) in [6.07, 6.45) is 10.7. The SMILES string of the molecule is CSC1CC(=O)N(CCCCCC(=O)C[C@H](C(=O)N[C@@H](CCCNC(N)=O)C(=O)Cc2ccc(COC(=O)N(CCOC34CC5(C)CC(C)(CC(Cn6ncc(-c7ccc(N8CCc9cccc(C(=O)Nc%10nc%11ccccc%11s%10)c9C8)nc7C(=O)O)c6C)(C5)C3)C4)CCS(=O)(=O)O)cc2)C(C)C)C1=O. The van der Waals surface area contributed by atoms with E-state index < -0.39 is 57.4 Å². The fourth-order valence-corrected chi connectivity index (χ4v) is 19.5. The summed E-state index contributed by atoms with van der Waals surface area (Å²) in [5.74, 6) is -3.99. The molecule has 562 valence electrons. The highest BCUT2D eigenvalue weighted by molar-refractivity contribution is 8.00. The number of aromatic carboxylic acids is 1. The molecule has 7 amide bonds. The zero-order valence-electron chi connectivity index (χ0n) is 60.4. The van der Waals surface area contributed by atoms with Gasteiger partial charge < -0.3 is 40.7 Å². The first-order valence-corrected chi connectivity index (χ1v) is 39.8. The fraction of sp³-hybridized carbons (Fsp3) is 0.526. The Kier molecular flexibility index (Phi) is 24.1. The summed E-state index contributed by atoms with van der Waals surface area (Å²) in [7, 11) is -4.50. The number of hydrogen-bond acceptors (Lipinski definition) is 19. The van der Waals surface area contributed by atoms with Gasteiger partial charge in [-0.1, -0.05) is 94.0 Å². The third kappa shape index (κ3) is 19.0. The monoisotopic (exact) mass is 1500 g/mol. The highest BCUT2D eigenvalue weighted by atomic mass is 32.2. The predicted molar refractivity (Wildman–Crippen MR) is 398 cm³/mol. The normalized spacial score (nSPS) is 21.7. The number of likely N-dealkylation sites (tertiary alicyclic amines) is 1. The molecule has 2 aliphatic heterocycles. The summed E-state index contributed by atoms with van der Waals surface area (Å²) in [6, 6.07) is 22.0. The second kappa shape index (κ2) is 32.6. The Morgan fingerprint density at radius 2 is 1.61 bits per heavy atom. The number of amides is 7. The molecule has 3 aromatic carbocycles. The van der Waals surface area contributed by atoms with Crippen LogP contribution >= 0.6 is 23.1 Å². The number of imide groups is 1. The molecule has 6 aliphatic rings. The van der Waals surface area contributed by atoms with Crippen molar-refractivity contribution in [1.82, 2.24) is 40.2 Å². The van der Waals surface area contributed by atoms with E-state index >= 15 is 0 Å². The maximum absolute atomic E-state index is 14.1. The topological polar surface area (TPSA) is 362 Å². The molecule has 29 heteroatoms. The minimum Gasteiger partial charge on any atom is -0.476 e. The summed E-state index contributed by atoms with van der Waals surface area (Å²) in [5, 5.41) is 24.2. The summed E-state index contributed by atoms with van der Waals surface area (Å²) in [4.78, 5) is 132. The van der Waals surface area contributed by atoms with E-state index in [0.717, 1.165) is 59.1 Å². The van der Waals surface area contributed by atoms with Gasteiger partial charge in [0.25, 0.3) is 16.0 Å². The van der Waals surface area contributed by atoms with Crippen molar-refractivity contribution in [3.8, 4) is 11.1 Å². The summed E-state index contributed by atoms with van der Waals surface area (Å²) < 4.78 is 49.8. The molecule has 4 bridgehead atoms. The van der Waals surface area contributed by atoms with E-state index in [1.165, 1.54) is 32.9 Å². The molecule has 3 aromatic heterocycles. The second-order valence-electron chi connectivity index (χ2n) is 30.4. The Morgan fingerprint density at radius 3 is 2.30 bits per heavy atom. The van der Waals surface area contributed by atoms with Gasteiger partial charge in [-0.3, -0.25) is 48.2 Å². The van der Waals surface area contributed by atoms with Gasteiger partial charge in [0, 0.05) is 99.8 Å². The number of primary amides is 1. The number of para-hydroxylation sites is 1. The van der Waals surface area contributed by atoms with Crippen molar-refractivity contribution < 1.29 is 70.7 Å². The molecule has 0 spiro atoms. The number of fused-ring (bicyclic) bond motifs is 2. The molecule has 12 rings (SSSR count). The van der Waals surface area contributed by atoms with Crippen molar-refractivity contribution >= 4 is 108 Å². The van der Waals surface area contributed by atoms with Crippen molar-refractivity contribution in [2.45, 2.75) is 174 Å². The number of anilines is 2. The number of urea groups is 1. The lowest BCUT2D eigenvalue weighted by atomic mass is 9.39. The first kappa shape index (κ1) is 77.5. The van der Waals surface area contributed by atoms with Gasteiger partial charge in [0.15, 0.2) is 16.6 Å². The number of carbonyl (C=O) groups excluding carboxylic acids is 8. The summed E-state index contributed by atoms with van der Waals surface area (Å²) in [6.45, 7) is 11.5. The lowest BCUT2D eigenvalue weighted by Crippen LogP contribution is -2.64. The average Bonchev–Trinajstić information content (AvgIpc) is 1.12. The number of hydrogen-bond donors (Lipinski definition) is 6. The molecule has 4 aliphatic carbocycles. The minimum absolute atomic E-state index is 0.0393. The minimum atomic E-state index is -4.50. The van der Waals surface area contributed by atoms with Gasteiger partial charge in [0.05, 0.1) is 45.7 Å². The number of nitrogens with one attached hydrogen (secondary N) is 3. The van der Waals surface area contributed by atoms with E-state index in [-0.39, 0.29) is 127 Å². The number of rotatable bonds is 35. The number of unbranched alkanes of at least 4 members (excludes halogenated alkanes) is 2. The quantitative estimate of drug-likeness (QED) is 0.0122. The number of carboxylic acid groups (broad SMARTS) is 1. The number of carboxylic acids is 1. The van der Waals surface area contributed by atoms with Crippen LogP contribution < -0.4 is 26.6 Å². The Morgan fingerprint density at radius 1 is 0.867 bits per heavy atom. The number of nitrogens with zero attached hydrogens (tertiary/aromatic N) is 7. The van der Waals surface area contributed by atoms with Crippen molar-refractivity contribution in [3.63, 3.8) is 0 Å². The number of nitrogens with two attached hydrogens (primary N) is 1. The Labute approximate surface area is 619 Å². The summed E-state index contributed by atoms with van der Waals surface area (Å²) >= 11 is 2.76. The molecule has 5 heterocycles. The second-order valence-corrected chi connectivity index (χ2v) is 34.1. The van der Waals surface area contributed by atoms with Crippen LogP contribution in [0.2, 0.25) is 0 Å². The van der Waals surface area contributed by atoms with Crippen molar-refractivity contribution in [1.29, 1.82) is 0 Å². The first-order valence-electron chi connectivity index (χ1n) is 36.0. The zero-order valence-corrected chi connectivity index (χ0v) is 62.9. The number of ketones is 2. The van der Waals surface area contributed by atoms with Crippen LogP contribution in [0.15, 0.2) is 85.1 Å². The number of pyridine rings is 1. The molecule has 26 nitrogen and oxygen atoms in total. The van der Waals surface area contributed by atoms with Crippen LogP contribution in [0.4, 0.5) is 20.5 Å². The Hall–Kier alpha value is -8.64. The molecule has 5 fully saturated rings. The third-order valence-corrected chi connectivity index (χ3v) is 24.1. The average molecular weight is 1500 g/mol. The van der Waals surface area contributed by atoms with Gasteiger partial charge >= 0.3 is 18.1 Å². The number of Topliss-reactive ketones (excluding diaryl/α,β-unsaturated/α-hetero) is 2. The van der Waals surface area contributed by atoms with Crippen LogP contribution in [0.1, 0.15) is 166 Å². The standard InChI is InChI=1S/C76H95N11O15S3/c1-47(2)55(35-52(88)15-8-7-11-28-86-64(90)36-62(103-6)68(86)93)67(92)80-58(18-13-27-78-70(77)96)60(89)34-49-20-22-50(23-21-49)39-101-72(97)84(31-33-105(98,99)100)30-32-102-76-43-73(4)40-74(5,44-76)42-75(41-73,45-76)46-87-48(3)56(37-79-87)53-24-25-63(82-65(53)69(94)95)85-29-26-51-14-12-16-54(57(51)38-85)66(91)83-71-81-59-17-9-10-19-61(59)104-71/h9-10,12,14,16-17,19-25,37,47,55,58,62H,7-8,11,13,15,18,26-36,38-46H2,1-6H3,(H,80,92)(H,94,95)(H3,77,78,96)(H,81,83,91)(H,98,99,100)/t55-,58-,62?,73?,74?,75?,76?/m0/s1. The molecular formula is C76H95N11O15S3. The van der Waals surface area contributed by atoms with Crippen LogP contribution in [-0.2, 0) is 76.1 Å². The summed E-state index contributed by atoms with van der Waals surface area (Å²) in [5.41, 5.74) is 10.2. The molecule has 105 heavy (non-hydrogen) atoms. The molecule has 0 radical (unpaired) electrons. The molecule has 5 atom stereocenters. The van der Waals surface area contributed by atoms with Gasteiger partial charge in [-0.05, 0) is 159 Å². The van der Waals surface area contributed by atoms with Crippen molar-refractivity contribution in [2.75, 3.05) is 61.6 Å². The van der Waals surface area contributed by atoms with Gasteiger partial charge in [0.2, 0.25) is 17.7 Å². The number of carbonyl (C=O) groups is 9. The van der Waals surface area contributed by atoms with E-state index in [9.17, 15) is 61.2 Å². The number of benzene rings is 3. The van der Waals surface area contributed by atoms with E-state index in [4.69, 9.17) is 25.3 Å². The predicted octanol–water partition coefficient (Wildman–Crippen LogP) is 10.4. The maximum atomic E-state index is 14.1. The van der Waals surface area contributed by atoms with Crippen LogP contribution in [0.25, 0.3) is 21.3 Å². The van der Waals surface area contributed by atoms with Crippen LogP contribution in [0.5, 0.6) is 0 Å². The smallest absolute Gasteiger partial charge is 0.410 e. The highest BCUT2D eigenvalue weighted by Crippen LogP contribution is 2.72. The Balaban J connectivity index is 0.693. The molecular weight excluding hydrogens is 1400 g/mol. The van der Waals surface area contributed by atoms with E-state index in [1.54, 1.807) is 48.9 Å². The maximum Gasteiger partial charge on any atom is 0.410 e. The molecule has 4 saturated carbocycles. The van der Waals surface area contributed by atoms with Crippen molar-refractivity contribution in [2.24, 2.45) is 33.8 Å². The van der Waals surface area contributed by atoms with Gasteiger partial charge in [-0.15, -0.1) is 0 Å². The number of aromatic nitrogens is 4. The number of thioether (sulfide) groups is 1. The van der Waals surface area contributed by atoms with Gasteiger partial charge in [0.1, 0.15) is 18.2 Å². The lowest BCUT2D eigenvalue weighted by molar-refractivity contribution is -0.248. The largest absolute Gasteiger partial charge is 0.476 e. The molecule has 6 aromatic rings. The number of ether oxygens (including phenoxy) is 2. The zero-order chi connectivity index (χ0) is 75.2. The highest BCUT2D eigenvalue weighted by Gasteiger charge is 2.66. The lowest BCUT2D eigenvalue weighted by Gasteiger charge is -2.69. The molecule has 1 saturated heterocycles. The Bertz CT molecular complexity index is 4360. The van der Waals surface area contributed by atoms with E-state index in [2.05, 4.69) is 34.8 Å². The van der Waals surface area contributed by atoms with Crippen LogP contribution in [0, 0.1) is 35.0 Å². The third-order valence-electron chi connectivity index (χ3n) is 21.5. The van der Waals surface area contributed by atoms with Crippen LogP contribution in [-0.4, -0.2) is 169 Å². The number of thiazole rings is 1. The fourth-order valence-electron chi connectivity index (χ4n) is 17.6. The van der Waals surface area contributed by atoms with E-state index in [0.29, 0.717) is 103 Å². The van der Waals surface area contributed by atoms with Gasteiger partial charge in [-0.25, -0.2) is 24.4 Å².